The van der Waals surface area contributed by atoms with Crippen LogP contribution in [0.5, 0.6) is 0 Å². The van der Waals surface area contributed by atoms with Gasteiger partial charge in [-0.05, 0) is 19.3 Å². The lowest BCUT2D eigenvalue weighted by Crippen LogP contribution is -1.99. The highest BCUT2D eigenvalue weighted by atomic mass is 16.4. The van der Waals surface area contributed by atoms with Gasteiger partial charge in [0.05, 0.1) is 0 Å². The van der Waals surface area contributed by atoms with Gasteiger partial charge in [-0.25, -0.2) is 0 Å². The number of hydrogen-bond donors (Lipinski definition) is 2. The van der Waals surface area contributed by atoms with E-state index in [0.29, 0.717) is 31.5 Å². The molecular weight excluding hydrogens is 292 g/mol. The minimum Gasteiger partial charge on any atom is -0.481 e. The Morgan fingerprint density at radius 2 is 0.870 bits per heavy atom. The maximum absolute atomic E-state index is 11.4. The standard InChI is InChI=1S/C19H36O4/c20-17-13-15-18(21)14-11-9-7-5-3-1-2-4-6-8-10-12-16-19(22)23/h20H,1-17H2,(H,22,23). The zero-order valence-corrected chi connectivity index (χ0v) is 14.7. The molecule has 0 aliphatic rings. The summed E-state index contributed by atoms with van der Waals surface area (Å²) >= 11 is 0. The molecule has 0 aliphatic carbocycles. The summed E-state index contributed by atoms with van der Waals surface area (Å²) < 4.78 is 0. The van der Waals surface area contributed by atoms with Crippen molar-refractivity contribution in [1.82, 2.24) is 0 Å². The Kier molecular flexibility index (Phi) is 16.8. The van der Waals surface area contributed by atoms with Crippen LogP contribution in [0.25, 0.3) is 0 Å². The molecular formula is C19H36O4. The highest BCUT2D eigenvalue weighted by Crippen LogP contribution is 2.13. The van der Waals surface area contributed by atoms with Crippen LogP contribution in [0.2, 0.25) is 0 Å². The van der Waals surface area contributed by atoms with Crippen molar-refractivity contribution in [2.75, 3.05) is 6.61 Å². The van der Waals surface area contributed by atoms with Gasteiger partial charge >= 0.3 is 5.97 Å². The average molecular weight is 328 g/mol. The smallest absolute Gasteiger partial charge is 0.303 e. The van der Waals surface area contributed by atoms with E-state index in [4.69, 9.17) is 10.2 Å². The predicted molar refractivity (Wildman–Crippen MR) is 93.6 cm³/mol. The molecule has 0 aromatic heterocycles. The van der Waals surface area contributed by atoms with Crippen LogP contribution in [-0.4, -0.2) is 28.6 Å². The quantitative estimate of drug-likeness (QED) is 0.352. The minimum absolute atomic E-state index is 0.119. The summed E-state index contributed by atoms with van der Waals surface area (Å²) in [5, 5.41) is 17.2. The van der Waals surface area contributed by atoms with Gasteiger partial charge in [0, 0.05) is 25.9 Å². The van der Waals surface area contributed by atoms with Crippen LogP contribution in [-0.2, 0) is 9.59 Å². The van der Waals surface area contributed by atoms with Crippen molar-refractivity contribution in [2.24, 2.45) is 0 Å². The molecule has 0 saturated heterocycles. The summed E-state index contributed by atoms with van der Waals surface area (Å²) in [7, 11) is 0. The molecule has 0 bridgehead atoms. The van der Waals surface area contributed by atoms with Crippen LogP contribution in [0.1, 0.15) is 103 Å². The number of ketones is 1. The Hall–Kier alpha value is -0.900. The van der Waals surface area contributed by atoms with E-state index < -0.39 is 5.97 Å². The van der Waals surface area contributed by atoms with Crippen molar-refractivity contribution in [1.29, 1.82) is 0 Å². The van der Waals surface area contributed by atoms with Crippen LogP contribution in [0.4, 0.5) is 0 Å². The molecule has 0 atom stereocenters. The van der Waals surface area contributed by atoms with Crippen LogP contribution < -0.4 is 0 Å². The third-order valence-corrected chi connectivity index (χ3v) is 4.21. The third-order valence-electron chi connectivity index (χ3n) is 4.21. The van der Waals surface area contributed by atoms with Crippen molar-refractivity contribution in [3.63, 3.8) is 0 Å². The molecule has 0 radical (unpaired) electrons. The second kappa shape index (κ2) is 17.5. The Balaban J connectivity index is 3.08. The normalized spacial score (nSPS) is 10.8. The maximum Gasteiger partial charge on any atom is 0.303 e. The number of carbonyl (C=O) groups excluding carboxylic acids is 1. The van der Waals surface area contributed by atoms with E-state index >= 15 is 0 Å². The molecule has 4 heteroatoms. The first-order valence-corrected chi connectivity index (χ1v) is 9.51. The summed E-state index contributed by atoms with van der Waals surface area (Å²) in [5.74, 6) is -0.387. The van der Waals surface area contributed by atoms with E-state index in [2.05, 4.69) is 0 Å². The van der Waals surface area contributed by atoms with Crippen molar-refractivity contribution in [3.8, 4) is 0 Å². The van der Waals surface area contributed by atoms with Gasteiger partial charge in [-0.1, -0.05) is 64.2 Å². The molecule has 0 amide bonds. The number of aliphatic hydroxyl groups excluding tert-OH is 1. The van der Waals surface area contributed by atoms with Crippen molar-refractivity contribution >= 4 is 11.8 Å². The van der Waals surface area contributed by atoms with Crippen LogP contribution in [0.15, 0.2) is 0 Å². The van der Waals surface area contributed by atoms with E-state index in [-0.39, 0.29) is 6.61 Å². The molecule has 0 heterocycles. The van der Waals surface area contributed by atoms with Gasteiger partial charge in [-0.15, -0.1) is 0 Å². The Bertz CT molecular complexity index is 289. The first-order valence-electron chi connectivity index (χ1n) is 9.51. The molecule has 23 heavy (non-hydrogen) atoms. The lowest BCUT2D eigenvalue weighted by molar-refractivity contribution is -0.137. The number of Topliss-reactive ketones (excluding diaryl/α,β-unsaturated/α-hetero) is 1. The molecule has 0 spiro atoms. The number of hydrogen-bond acceptors (Lipinski definition) is 3. The van der Waals surface area contributed by atoms with Gasteiger partial charge in [0.25, 0.3) is 0 Å². The van der Waals surface area contributed by atoms with Gasteiger partial charge in [-0.2, -0.15) is 0 Å². The van der Waals surface area contributed by atoms with Gasteiger partial charge in [0.15, 0.2) is 0 Å². The van der Waals surface area contributed by atoms with Gasteiger partial charge in [-0.3, -0.25) is 9.59 Å². The summed E-state index contributed by atoms with van der Waals surface area (Å²) in [6.45, 7) is 0.119. The number of aliphatic carboxylic acids is 1. The van der Waals surface area contributed by atoms with Gasteiger partial charge in [0.2, 0.25) is 0 Å². The summed E-state index contributed by atoms with van der Waals surface area (Å²) in [4.78, 5) is 21.7. The molecule has 0 aromatic carbocycles. The van der Waals surface area contributed by atoms with Crippen LogP contribution in [0.3, 0.4) is 0 Å². The first-order chi connectivity index (χ1) is 11.2. The number of rotatable bonds is 18. The minimum atomic E-state index is -0.681. The molecule has 0 unspecified atom stereocenters. The topological polar surface area (TPSA) is 74.6 Å². The van der Waals surface area contributed by atoms with Crippen molar-refractivity contribution < 1.29 is 19.8 Å². The highest BCUT2D eigenvalue weighted by molar-refractivity contribution is 5.78. The number of unbranched alkanes of at least 4 members (excludes halogenated alkanes) is 11. The highest BCUT2D eigenvalue weighted by Gasteiger charge is 2.01. The van der Waals surface area contributed by atoms with E-state index in [1.807, 2.05) is 0 Å². The van der Waals surface area contributed by atoms with E-state index in [9.17, 15) is 9.59 Å². The van der Waals surface area contributed by atoms with Gasteiger partial charge < -0.3 is 10.2 Å². The molecule has 0 fully saturated rings. The van der Waals surface area contributed by atoms with Crippen molar-refractivity contribution in [2.45, 2.75) is 103 Å². The molecule has 0 aliphatic heterocycles. The molecule has 0 rings (SSSR count). The fraction of sp³-hybridized carbons (Fsp3) is 0.895. The lowest BCUT2D eigenvalue weighted by atomic mass is 10.0. The zero-order valence-electron chi connectivity index (χ0n) is 14.7. The molecule has 4 nitrogen and oxygen atoms in total. The van der Waals surface area contributed by atoms with Crippen LogP contribution in [0, 0.1) is 0 Å². The summed E-state index contributed by atoms with van der Waals surface area (Å²) in [5.41, 5.74) is 0. The predicted octanol–water partition coefficient (Wildman–Crippen LogP) is 4.87. The largest absolute Gasteiger partial charge is 0.481 e. The number of carbonyl (C=O) groups is 2. The van der Waals surface area contributed by atoms with E-state index in [1.165, 1.54) is 44.9 Å². The lowest BCUT2D eigenvalue weighted by Gasteiger charge is -2.03. The number of carboxylic acids is 1. The van der Waals surface area contributed by atoms with Crippen molar-refractivity contribution in [3.05, 3.63) is 0 Å². The second-order valence-electron chi connectivity index (χ2n) is 6.50. The fourth-order valence-corrected chi connectivity index (χ4v) is 2.77. The average Bonchev–Trinajstić information content (AvgIpc) is 2.52. The molecule has 2 N–H and O–H groups in total. The monoisotopic (exact) mass is 328 g/mol. The van der Waals surface area contributed by atoms with E-state index in [1.54, 1.807) is 0 Å². The van der Waals surface area contributed by atoms with Crippen LogP contribution >= 0.6 is 0 Å². The summed E-state index contributed by atoms with van der Waals surface area (Å²) in [6.07, 6.45) is 16.2. The number of aliphatic hydroxyl groups is 1. The van der Waals surface area contributed by atoms with Gasteiger partial charge in [0.1, 0.15) is 5.78 Å². The Morgan fingerprint density at radius 3 is 1.26 bits per heavy atom. The fourth-order valence-electron chi connectivity index (χ4n) is 2.77. The zero-order chi connectivity index (χ0) is 17.2. The maximum atomic E-state index is 11.4. The SMILES string of the molecule is O=C(O)CCCCCCCCCCCCCCC(=O)CCCO. The van der Waals surface area contributed by atoms with E-state index in [0.717, 1.165) is 32.1 Å². The molecule has 0 saturated carbocycles. The Labute approximate surface area is 141 Å². The molecule has 0 aromatic rings. The first kappa shape index (κ1) is 22.1. The third kappa shape index (κ3) is 19.1. The summed E-state index contributed by atoms with van der Waals surface area (Å²) in [6, 6.07) is 0. The molecule has 136 valence electrons. The number of carboxylic acid groups (broad SMARTS) is 1. The second-order valence-corrected chi connectivity index (χ2v) is 6.50. The Morgan fingerprint density at radius 1 is 0.522 bits per heavy atom.